The summed E-state index contributed by atoms with van der Waals surface area (Å²) < 4.78 is 13.3. The average molecular weight is 278 g/mol. The standard InChI is InChI=1S/C18H15FN2/c19-14-5-6-15-12(10-14)4-7-18(15)21-17-3-1-2-13-11-20-9-8-16(13)17/h1-3,5-6,8-11,18,21H,4,7H2. The van der Waals surface area contributed by atoms with E-state index in [-0.39, 0.29) is 11.9 Å². The van der Waals surface area contributed by atoms with Crippen molar-refractivity contribution in [1.82, 2.24) is 4.98 Å². The highest BCUT2D eigenvalue weighted by Gasteiger charge is 2.22. The molecule has 0 radical (unpaired) electrons. The Morgan fingerprint density at radius 3 is 3.05 bits per heavy atom. The summed E-state index contributed by atoms with van der Waals surface area (Å²) >= 11 is 0. The molecule has 2 nitrogen and oxygen atoms in total. The first-order valence-corrected chi connectivity index (χ1v) is 7.19. The van der Waals surface area contributed by atoms with Gasteiger partial charge in [-0.3, -0.25) is 4.98 Å². The van der Waals surface area contributed by atoms with Gasteiger partial charge in [0.1, 0.15) is 5.82 Å². The van der Waals surface area contributed by atoms with Gasteiger partial charge in [0.2, 0.25) is 0 Å². The van der Waals surface area contributed by atoms with Crippen LogP contribution >= 0.6 is 0 Å². The maximum absolute atomic E-state index is 13.3. The Balaban J connectivity index is 1.71. The van der Waals surface area contributed by atoms with Crippen LogP contribution in [0.3, 0.4) is 0 Å². The molecule has 0 fully saturated rings. The number of hydrogen-bond acceptors (Lipinski definition) is 2. The molecule has 1 atom stereocenters. The monoisotopic (exact) mass is 278 g/mol. The van der Waals surface area contributed by atoms with Gasteiger partial charge in [-0.1, -0.05) is 18.2 Å². The fourth-order valence-corrected chi connectivity index (χ4v) is 3.17. The van der Waals surface area contributed by atoms with E-state index < -0.39 is 0 Å². The van der Waals surface area contributed by atoms with Crippen molar-refractivity contribution in [3.8, 4) is 0 Å². The van der Waals surface area contributed by atoms with Gasteiger partial charge in [-0.25, -0.2) is 4.39 Å². The van der Waals surface area contributed by atoms with E-state index in [0.29, 0.717) is 0 Å². The highest BCUT2D eigenvalue weighted by Crippen LogP contribution is 2.35. The van der Waals surface area contributed by atoms with E-state index in [0.717, 1.165) is 29.5 Å². The third kappa shape index (κ3) is 2.15. The Morgan fingerprint density at radius 2 is 2.10 bits per heavy atom. The van der Waals surface area contributed by atoms with E-state index in [4.69, 9.17) is 0 Å². The molecule has 0 saturated heterocycles. The summed E-state index contributed by atoms with van der Waals surface area (Å²) in [6.45, 7) is 0. The zero-order valence-corrected chi connectivity index (χ0v) is 11.5. The quantitative estimate of drug-likeness (QED) is 0.748. The predicted molar refractivity (Wildman–Crippen MR) is 82.8 cm³/mol. The van der Waals surface area contributed by atoms with E-state index in [1.807, 2.05) is 30.6 Å². The number of nitrogens with one attached hydrogen (secondary N) is 1. The van der Waals surface area contributed by atoms with Crippen molar-refractivity contribution in [2.75, 3.05) is 5.32 Å². The molecule has 0 spiro atoms. The molecule has 1 heterocycles. The van der Waals surface area contributed by atoms with Crippen molar-refractivity contribution in [3.63, 3.8) is 0 Å². The molecule has 104 valence electrons. The van der Waals surface area contributed by atoms with Crippen molar-refractivity contribution in [2.24, 2.45) is 0 Å². The van der Waals surface area contributed by atoms with E-state index in [1.165, 1.54) is 10.9 Å². The summed E-state index contributed by atoms with van der Waals surface area (Å²) in [6, 6.07) is 13.6. The van der Waals surface area contributed by atoms with Gasteiger partial charge in [-0.15, -0.1) is 0 Å². The van der Waals surface area contributed by atoms with Gasteiger partial charge in [-0.2, -0.15) is 0 Å². The smallest absolute Gasteiger partial charge is 0.123 e. The fourth-order valence-electron chi connectivity index (χ4n) is 3.17. The number of fused-ring (bicyclic) bond motifs is 2. The van der Waals surface area contributed by atoms with Gasteiger partial charge in [0.25, 0.3) is 0 Å². The fraction of sp³-hybridized carbons (Fsp3) is 0.167. The Hall–Kier alpha value is -2.42. The highest BCUT2D eigenvalue weighted by molar-refractivity contribution is 5.93. The first-order chi connectivity index (χ1) is 10.3. The lowest BCUT2D eigenvalue weighted by Gasteiger charge is -2.17. The summed E-state index contributed by atoms with van der Waals surface area (Å²) in [6.07, 6.45) is 5.61. The van der Waals surface area contributed by atoms with Gasteiger partial charge in [-0.05, 0) is 48.2 Å². The number of hydrogen-bond donors (Lipinski definition) is 1. The normalized spacial score (nSPS) is 16.9. The van der Waals surface area contributed by atoms with Crippen molar-refractivity contribution in [1.29, 1.82) is 0 Å². The van der Waals surface area contributed by atoms with E-state index in [2.05, 4.69) is 22.4 Å². The van der Waals surface area contributed by atoms with Crippen molar-refractivity contribution < 1.29 is 4.39 Å². The van der Waals surface area contributed by atoms with Crippen LogP contribution in [0.15, 0.2) is 54.9 Å². The zero-order valence-electron chi connectivity index (χ0n) is 11.5. The molecule has 0 bridgehead atoms. The van der Waals surface area contributed by atoms with E-state index in [9.17, 15) is 4.39 Å². The second-order valence-electron chi connectivity index (χ2n) is 5.48. The Labute approximate surface area is 122 Å². The topological polar surface area (TPSA) is 24.9 Å². The number of halogens is 1. The Kier molecular flexibility index (Phi) is 2.85. The molecule has 3 heteroatoms. The third-order valence-electron chi connectivity index (χ3n) is 4.19. The third-order valence-corrected chi connectivity index (χ3v) is 4.19. The molecule has 1 aliphatic carbocycles. The molecule has 2 aromatic carbocycles. The maximum Gasteiger partial charge on any atom is 0.123 e. The largest absolute Gasteiger partial charge is 0.378 e. The van der Waals surface area contributed by atoms with E-state index in [1.54, 1.807) is 12.1 Å². The minimum Gasteiger partial charge on any atom is -0.378 e. The van der Waals surface area contributed by atoms with Crippen LogP contribution in [0.4, 0.5) is 10.1 Å². The molecule has 3 aromatic rings. The molecule has 1 N–H and O–H groups in total. The van der Waals surface area contributed by atoms with Crippen molar-refractivity contribution in [3.05, 3.63) is 71.8 Å². The van der Waals surface area contributed by atoms with Gasteiger partial charge >= 0.3 is 0 Å². The summed E-state index contributed by atoms with van der Waals surface area (Å²) in [5.41, 5.74) is 3.44. The Bertz CT molecular complexity index is 808. The Morgan fingerprint density at radius 1 is 1.14 bits per heavy atom. The first-order valence-electron chi connectivity index (χ1n) is 7.19. The van der Waals surface area contributed by atoms with Crippen LogP contribution in [0.5, 0.6) is 0 Å². The zero-order chi connectivity index (χ0) is 14.2. The van der Waals surface area contributed by atoms with Gasteiger partial charge in [0.05, 0.1) is 6.04 Å². The second kappa shape index (κ2) is 4.85. The number of rotatable bonds is 2. The summed E-state index contributed by atoms with van der Waals surface area (Å²) in [5, 5.41) is 5.90. The SMILES string of the molecule is Fc1ccc2c(c1)CCC2Nc1cccc2cnccc12. The number of benzene rings is 2. The lowest BCUT2D eigenvalue weighted by Crippen LogP contribution is -2.07. The lowest BCUT2D eigenvalue weighted by atomic mass is 10.1. The summed E-state index contributed by atoms with van der Waals surface area (Å²) in [4.78, 5) is 4.16. The minimum absolute atomic E-state index is 0.148. The molecular weight excluding hydrogens is 263 g/mol. The van der Waals surface area contributed by atoms with Crippen LogP contribution in [0.2, 0.25) is 0 Å². The van der Waals surface area contributed by atoms with Gasteiger partial charge in [0.15, 0.2) is 0 Å². The van der Waals surface area contributed by atoms with Crippen LogP contribution in [0.1, 0.15) is 23.6 Å². The molecule has 1 aliphatic rings. The number of pyridine rings is 1. The molecule has 0 amide bonds. The highest BCUT2D eigenvalue weighted by atomic mass is 19.1. The number of anilines is 1. The molecule has 0 aliphatic heterocycles. The van der Waals surface area contributed by atoms with Crippen molar-refractivity contribution in [2.45, 2.75) is 18.9 Å². The molecule has 1 aromatic heterocycles. The van der Waals surface area contributed by atoms with Crippen molar-refractivity contribution >= 4 is 16.5 Å². The molecule has 21 heavy (non-hydrogen) atoms. The van der Waals surface area contributed by atoms with Gasteiger partial charge in [0, 0.05) is 28.9 Å². The van der Waals surface area contributed by atoms with Crippen LogP contribution in [0, 0.1) is 5.82 Å². The molecular formula is C18H15FN2. The second-order valence-corrected chi connectivity index (χ2v) is 5.48. The molecule has 4 rings (SSSR count). The van der Waals surface area contributed by atoms with E-state index >= 15 is 0 Å². The van der Waals surface area contributed by atoms with Gasteiger partial charge < -0.3 is 5.32 Å². The maximum atomic E-state index is 13.3. The molecule has 1 unspecified atom stereocenters. The first kappa shape index (κ1) is 12.3. The average Bonchev–Trinajstić information content (AvgIpc) is 2.90. The van der Waals surface area contributed by atoms with Crippen LogP contribution in [-0.4, -0.2) is 4.98 Å². The predicted octanol–water partition coefficient (Wildman–Crippen LogP) is 4.47. The van der Waals surface area contributed by atoms with Crippen LogP contribution < -0.4 is 5.32 Å². The lowest BCUT2D eigenvalue weighted by molar-refractivity contribution is 0.626. The minimum atomic E-state index is -0.148. The number of aromatic nitrogens is 1. The summed E-state index contributed by atoms with van der Waals surface area (Å²) in [5.74, 6) is -0.148. The van der Waals surface area contributed by atoms with Crippen LogP contribution in [-0.2, 0) is 6.42 Å². The summed E-state index contributed by atoms with van der Waals surface area (Å²) in [7, 11) is 0. The number of aryl methyl sites for hydroxylation is 1. The van der Waals surface area contributed by atoms with Crippen LogP contribution in [0.25, 0.3) is 10.8 Å². The number of nitrogens with zero attached hydrogens (tertiary/aromatic N) is 1. The molecule has 0 saturated carbocycles.